The fraction of sp³-hybridized carbons (Fsp3) is 0.207. The van der Waals surface area contributed by atoms with Crippen LogP contribution in [-0.2, 0) is 6.54 Å². The number of rotatable bonds is 8. The molecule has 5 rings (SSSR count). The van der Waals surface area contributed by atoms with Crippen molar-refractivity contribution in [1.29, 1.82) is 0 Å². The van der Waals surface area contributed by atoms with Crippen LogP contribution in [0.2, 0.25) is 0 Å². The van der Waals surface area contributed by atoms with Crippen molar-refractivity contribution in [2.45, 2.75) is 26.4 Å². The molecule has 3 aromatic carbocycles. The zero-order chi connectivity index (χ0) is 25.8. The van der Waals surface area contributed by atoms with Crippen molar-refractivity contribution in [1.82, 2.24) is 20.4 Å². The summed E-state index contributed by atoms with van der Waals surface area (Å²) in [5.41, 5.74) is 4.12. The maximum absolute atomic E-state index is 13.4. The number of aromatic nitrogens is 2. The van der Waals surface area contributed by atoms with Crippen LogP contribution in [0.5, 0.6) is 11.5 Å². The number of carbonyl (C=O) groups excluding carboxylic acids is 1. The van der Waals surface area contributed by atoms with Crippen molar-refractivity contribution in [2.75, 3.05) is 13.7 Å². The fourth-order valence-corrected chi connectivity index (χ4v) is 4.40. The monoisotopic (exact) mass is 496 g/mol. The minimum atomic E-state index is -0.497. The second kappa shape index (κ2) is 10.6. The van der Waals surface area contributed by atoms with Gasteiger partial charge in [-0.1, -0.05) is 59.8 Å². The Kier molecular flexibility index (Phi) is 6.89. The van der Waals surface area contributed by atoms with Crippen LogP contribution in [0.1, 0.15) is 36.9 Å². The highest BCUT2D eigenvalue weighted by Crippen LogP contribution is 2.38. The molecule has 8 heteroatoms. The Morgan fingerprint density at radius 3 is 2.51 bits per heavy atom. The number of amides is 2. The molecule has 0 radical (unpaired) electrons. The molecule has 1 unspecified atom stereocenters. The average Bonchev–Trinajstić information content (AvgIpc) is 3.42. The number of ether oxygens (including phenoxy) is 2. The Balaban J connectivity index is 1.56. The second-order valence-corrected chi connectivity index (χ2v) is 8.61. The van der Waals surface area contributed by atoms with Gasteiger partial charge < -0.3 is 19.3 Å². The summed E-state index contributed by atoms with van der Waals surface area (Å²) in [4.78, 5) is 19.8. The Morgan fingerprint density at radius 2 is 1.78 bits per heavy atom. The highest BCUT2D eigenvalue weighted by atomic mass is 16.5. The molecule has 0 bridgehead atoms. The normalized spacial score (nSPS) is 15.5. The maximum atomic E-state index is 13.4. The van der Waals surface area contributed by atoms with Crippen molar-refractivity contribution in [2.24, 2.45) is 0 Å². The smallest absolute Gasteiger partial charge is 0.322 e. The first-order chi connectivity index (χ1) is 18.1. The zero-order valence-corrected chi connectivity index (χ0v) is 21.0. The van der Waals surface area contributed by atoms with Gasteiger partial charge in [-0.3, -0.25) is 4.90 Å². The summed E-state index contributed by atoms with van der Waals surface area (Å²) in [7, 11) is 1.61. The predicted octanol–water partition coefficient (Wildman–Crippen LogP) is 5.84. The van der Waals surface area contributed by atoms with Crippen LogP contribution in [0, 0.1) is 0 Å². The van der Waals surface area contributed by atoms with Gasteiger partial charge in [-0.2, -0.15) is 4.98 Å². The molecule has 4 aromatic rings. The average molecular weight is 497 g/mol. The molecule has 0 saturated carbocycles. The largest absolute Gasteiger partial charge is 0.497 e. The lowest BCUT2D eigenvalue weighted by molar-refractivity contribution is 0.203. The molecule has 1 aliphatic rings. The van der Waals surface area contributed by atoms with Crippen LogP contribution in [-0.4, -0.2) is 34.8 Å². The van der Waals surface area contributed by atoms with Crippen molar-refractivity contribution >= 4 is 11.6 Å². The summed E-state index contributed by atoms with van der Waals surface area (Å²) in [6, 6.07) is 24.2. The number of carbonyl (C=O) groups is 1. The lowest BCUT2D eigenvalue weighted by atomic mass is 9.94. The molecule has 0 aliphatic carbocycles. The summed E-state index contributed by atoms with van der Waals surface area (Å²) in [6.07, 6.45) is 0. The van der Waals surface area contributed by atoms with Crippen LogP contribution >= 0.6 is 0 Å². The molecule has 1 atom stereocenters. The third kappa shape index (κ3) is 5.04. The summed E-state index contributed by atoms with van der Waals surface area (Å²) < 4.78 is 16.7. The van der Waals surface area contributed by atoms with Gasteiger partial charge in [-0.05, 0) is 49.2 Å². The standard InChI is InChI=1S/C29H28N4O4/c1-4-36-23-15-13-20(14-16-23)18-33-19(2)25(28-31-27(32-37-28)21-9-6-5-7-10-21)26(30-29(33)34)22-11-8-12-24(17-22)35-3/h5-17,26H,4,18H2,1-3H3,(H,30,34). The maximum Gasteiger partial charge on any atom is 0.322 e. The van der Waals surface area contributed by atoms with Gasteiger partial charge in [0.05, 0.1) is 31.9 Å². The zero-order valence-electron chi connectivity index (χ0n) is 21.0. The van der Waals surface area contributed by atoms with Crippen molar-refractivity contribution in [3.63, 3.8) is 0 Å². The van der Waals surface area contributed by atoms with E-state index in [9.17, 15) is 4.79 Å². The van der Waals surface area contributed by atoms with E-state index in [-0.39, 0.29) is 6.03 Å². The first-order valence-electron chi connectivity index (χ1n) is 12.1. The van der Waals surface area contributed by atoms with Crippen molar-refractivity contribution in [3.05, 3.63) is 102 Å². The molecule has 8 nitrogen and oxygen atoms in total. The summed E-state index contributed by atoms with van der Waals surface area (Å²) >= 11 is 0. The van der Waals surface area contributed by atoms with Crippen LogP contribution in [0.15, 0.2) is 89.1 Å². The Hall–Kier alpha value is -4.59. The summed E-state index contributed by atoms with van der Waals surface area (Å²) in [6.45, 7) is 4.82. The minimum Gasteiger partial charge on any atom is -0.497 e. The van der Waals surface area contributed by atoms with Gasteiger partial charge in [0.15, 0.2) is 0 Å². The first-order valence-corrected chi connectivity index (χ1v) is 12.1. The Morgan fingerprint density at radius 1 is 1.00 bits per heavy atom. The number of urea groups is 1. The van der Waals surface area contributed by atoms with Crippen LogP contribution < -0.4 is 14.8 Å². The number of hydrogen-bond acceptors (Lipinski definition) is 6. The van der Waals surface area contributed by atoms with E-state index in [0.717, 1.165) is 33.7 Å². The van der Waals surface area contributed by atoms with Gasteiger partial charge in [0, 0.05) is 11.3 Å². The number of allylic oxidation sites excluding steroid dienone is 1. The van der Waals surface area contributed by atoms with Gasteiger partial charge in [-0.15, -0.1) is 0 Å². The van der Waals surface area contributed by atoms with Gasteiger partial charge in [0.2, 0.25) is 5.82 Å². The van der Waals surface area contributed by atoms with Crippen molar-refractivity contribution in [3.8, 4) is 22.9 Å². The van der Waals surface area contributed by atoms with Gasteiger partial charge in [-0.25, -0.2) is 4.79 Å². The van der Waals surface area contributed by atoms with Crippen LogP contribution in [0.4, 0.5) is 4.79 Å². The molecule has 2 heterocycles. The number of nitrogens with one attached hydrogen (secondary N) is 1. The van der Waals surface area contributed by atoms with E-state index in [2.05, 4.69) is 10.5 Å². The number of methoxy groups -OCH3 is 1. The predicted molar refractivity (Wildman–Crippen MR) is 140 cm³/mol. The molecule has 0 saturated heterocycles. The fourth-order valence-electron chi connectivity index (χ4n) is 4.40. The highest BCUT2D eigenvalue weighted by molar-refractivity contribution is 5.87. The highest BCUT2D eigenvalue weighted by Gasteiger charge is 2.36. The summed E-state index contributed by atoms with van der Waals surface area (Å²) in [5.74, 6) is 2.31. The van der Waals surface area contributed by atoms with Crippen LogP contribution in [0.3, 0.4) is 0 Å². The Bertz CT molecular complexity index is 1410. The molecule has 0 fully saturated rings. The van der Waals surface area contributed by atoms with E-state index >= 15 is 0 Å². The SMILES string of the molecule is CCOc1ccc(CN2C(=O)NC(c3cccc(OC)c3)C(c3nc(-c4ccccc4)no3)=C2C)cc1. The third-order valence-corrected chi connectivity index (χ3v) is 6.29. The number of nitrogens with zero attached hydrogens (tertiary/aromatic N) is 3. The molecular formula is C29H28N4O4. The molecular weight excluding hydrogens is 468 g/mol. The van der Waals surface area contributed by atoms with Crippen LogP contribution in [0.25, 0.3) is 17.0 Å². The van der Waals surface area contributed by atoms with E-state index in [1.165, 1.54) is 0 Å². The van der Waals surface area contributed by atoms with Gasteiger partial charge in [0.1, 0.15) is 11.5 Å². The van der Waals surface area contributed by atoms with E-state index in [1.54, 1.807) is 12.0 Å². The second-order valence-electron chi connectivity index (χ2n) is 8.61. The molecule has 2 amide bonds. The molecule has 0 spiro atoms. The molecule has 37 heavy (non-hydrogen) atoms. The first kappa shape index (κ1) is 24.1. The van der Waals surface area contributed by atoms with E-state index in [0.29, 0.717) is 30.6 Å². The quantitative estimate of drug-likeness (QED) is 0.330. The topological polar surface area (TPSA) is 89.7 Å². The van der Waals surface area contributed by atoms with E-state index in [1.807, 2.05) is 92.7 Å². The lowest BCUT2D eigenvalue weighted by Crippen LogP contribution is -2.45. The lowest BCUT2D eigenvalue weighted by Gasteiger charge is -2.35. The number of hydrogen-bond donors (Lipinski definition) is 1. The molecule has 1 aliphatic heterocycles. The summed E-state index contributed by atoms with van der Waals surface area (Å²) in [5, 5.41) is 7.36. The Labute approximate surface area is 215 Å². The molecule has 1 N–H and O–H groups in total. The third-order valence-electron chi connectivity index (χ3n) is 6.29. The van der Waals surface area contributed by atoms with Gasteiger partial charge in [0.25, 0.3) is 5.89 Å². The van der Waals surface area contributed by atoms with E-state index in [4.69, 9.17) is 19.0 Å². The van der Waals surface area contributed by atoms with Gasteiger partial charge >= 0.3 is 6.03 Å². The minimum absolute atomic E-state index is 0.217. The molecule has 188 valence electrons. The molecule has 1 aromatic heterocycles. The van der Waals surface area contributed by atoms with E-state index < -0.39 is 6.04 Å². The number of benzene rings is 3. The van der Waals surface area contributed by atoms with Crippen molar-refractivity contribution < 1.29 is 18.8 Å².